The largest absolute Gasteiger partial charge is 0.381 e. The first-order chi connectivity index (χ1) is 5.68. The van der Waals surface area contributed by atoms with Crippen LogP contribution in [0, 0.1) is 5.92 Å². The van der Waals surface area contributed by atoms with Crippen molar-refractivity contribution in [1.29, 1.82) is 0 Å². The van der Waals surface area contributed by atoms with E-state index in [2.05, 4.69) is 20.8 Å². The molecule has 0 rings (SSSR count). The number of ether oxygens (including phenoxy) is 1. The van der Waals surface area contributed by atoms with Gasteiger partial charge in [-0.2, -0.15) is 0 Å². The van der Waals surface area contributed by atoms with Crippen LogP contribution in [0.2, 0.25) is 0 Å². The molecule has 74 valence electrons. The van der Waals surface area contributed by atoms with Gasteiger partial charge in [-0.15, -0.1) is 11.6 Å². The molecule has 0 aliphatic heterocycles. The van der Waals surface area contributed by atoms with E-state index >= 15 is 0 Å². The zero-order valence-electron chi connectivity index (χ0n) is 8.48. The Morgan fingerprint density at radius 1 is 1.25 bits per heavy atom. The fourth-order valence-corrected chi connectivity index (χ4v) is 1.11. The van der Waals surface area contributed by atoms with Crippen molar-refractivity contribution in [2.45, 2.75) is 45.4 Å². The fourth-order valence-electron chi connectivity index (χ4n) is 0.960. The monoisotopic (exact) mass is 192 g/mol. The van der Waals surface area contributed by atoms with Crippen LogP contribution in [-0.4, -0.2) is 18.6 Å². The first kappa shape index (κ1) is 12.2. The third kappa shape index (κ3) is 6.93. The molecule has 0 aliphatic rings. The summed E-state index contributed by atoms with van der Waals surface area (Å²) in [6, 6.07) is 0. The minimum absolute atomic E-state index is 0.315. The van der Waals surface area contributed by atoms with Gasteiger partial charge in [-0.1, -0.05) is 20.8 Å². The van der Waals surface area contributed by atoms with Gasteiger partial charge in [-0.05, 0) is 25.2 Å². The highest BCUT2D eigenvalue weighted by Gasteiger charge is 2.08. The molecule has 0 bridgehead atoms. The Labute approximate surface area is 81.4 Å². The second-order valence-electron chi connectivity index (χ2n) is 3.51. The molecule has 0 saturated heterocycles. The van der Waals surface area contributed by atoms with Crippen LogP contribution < -0.4 is 0 Å². The fraction of sp³-hybridized carbons (Fsp3) is 1.00. The minimum atomic E-state index is 0.315. The van der Waals surface area contributed by atoms with Crippen LogP contribution in [0.1, 0.15) is 40.0 Å². The van der Waals surface area contributed by atoms with E-state index in [1.807, 2.05) is 0 Å². The van der Waals surface area contributed by atoms with Gasteiger partial charge in [0.15, 0.2) is 0 Å². The van der Waals surface area contributed by atoms with E-state index in [1.54, 1.807) is 0 Å². The third-order valence-electron chi connectivity index (χ3n) is 1.84. The first-order valence-electron chi connectivity index (χ1n) is 4.90. The number of hydrogen-bond acceptors (Lipinski definition) is 1. The molecule has 0 saturated carbocycles. The van der Waals surface area contributed by atoms with E-state index in [1.165, 1.54) is 0 Å². The van der Waals surface area contributed by atoms with Crippen LogP contribution in [0.3, 0.4) is 0 Å². The summed E-state index contributed by atoms with van der Waals surface area (Å²) < 4.78 is 5.35. The van der Waals surface area contributed by atoms with Gasteiger partial charge >= 0.3 is 0 Å². The second-order valence-corrected chi connectivity index (χ2v) is 4.08. The van der Waals surface area contributed by atoms with Gasteiger partial charge in [0.2, 0.25) is 0 Å². The predicted octanol–water partition coefficient (Wildman–Crippen LogP) is 3.46. The molecule has 0 radical (unpaired) electrons. The molecule has 1 atom stereocenters. The lowest BCUT2D eigenvalue weighted by Crippen LogP contribution is -2.09. The maximum absolute atomic E-state index is 6.07. The van der Waals surface area contributed by atoms with Gasteiger partial charge < -0.3 is 4.74 Å². The molecule has 0 aliphatic carbocycles. The summed E-state index contributed by atoms with van der Waals surface area (Å²) in [7, 11) is 0. The van der Waals surface area contributed by atoms with Crippen molar-refractivity contribution in [3.63, 3.8) is 0 Å². The van der Waals surface area contributed by atoms with Gasteiger partial charge in [0.1, 0.15) is 0 Å². The lowest BCUT2D eigenvalue weighted by Gasteiger charge is -2.12. The maximum Gasteiger partial charge on any atom is 0.0466 e. The lowest BCUT2D eigenvalue weighted by atomic mass is 10.1. The molecule has 0 aromatic heterocycles. The summed E-state index contributed by atoms with van der Waals surface area (Å²) in [4.78, 5) is 0. The highest BCUT2D eigenvalue weighted by molar-refractivity contribution is 6.20. The van der Waals surface area contributed by atoms with E-state index in [0.717, 1.165) is 32.5 Å². The molecule has 1 nitrogen and oxygen atoms in total. The van der Waals surface area contributed by atoms with Crippen molar-refractivity contribution in [3.05, 3.63) is 0 Å². The van der Waals surface area contributed by atoms with Crippen molar-refractivity contribution in [2.75, 3.05) is 13.2 Å². The van der Waals surface area contributed by atoms with E-state index in [9.17, 15) is 0 Å². The SMILES string of the molecule is CCCOCCCC(Cl)C(C)C. The van der Waals surface area contributed by atoms with Crippen LogP contribution in [0.5, 0.6) is 0 Å². The Bertz CT molecular complexity index is 93.8. The Morgan fingerprint density at radius 2 is 1.92 bits per heavy atom. The van der Waals surface area contributed by atoms with Gasteiger partial charge in [0, 0.05) is 18.6 Å². The van der Waals surface area contributed by atoms with Gasteiger partial charge in [-0.3, -0.25) is 0 Å². The Balaban J connectivity index is 3.08. The minimum Gasteiger partial charge on any atom is -0.381 e. The van der Waals surface area contributed by atoms with Gasteiger partial charge in [-0.25, -0.2) is 0 Å². The van der Waals surface area contributed by atoms with E-state index in [-0.39, 0.29) is 0 Å². The molecule has 0 amide bonds. The van der Waals surface area contributed by atoms with Gasteiger partial charge in [0.25, 0.3) is 0 Å². The molecule has 0 fully saturated rings. The number of hydrogen-bond donors (Lipinski definition) is 0. The summed E-state index contributed by atoms with van der Waals surface area (Å²) in [6.45, 7) is 8.19. The lowest BCUT2D eigenvalue weighted by molar-refractivity contribution is 0.130. The molecule has 0 spiro atoms. The zero-order valence-corrected chi connectivity index (χ0v) is 9.23. The van der Waals surface area contributed by atoms with Crippen molar-refractivity contribution in [2.24, 2.45) is 5.92 Å². The summed E-state index contributed by atoms with van der Waals surface area (Å²) in [6.07, 6.45) is 3.27. The van der Waals surface area contributed by atoms with Crippen molar-refractivity contribution in [3.8, 4) is 0 Å². The summed E-state index contributed by atoms with van der Waals surface area (Å²) in [5.41, 5.74) is 0. The highest BCUT2D eigenvalue weighted by Crippen LogP contribution is 2.14. The third-order valence-corrected chi connectivity index (χ3v) is 2.56. The summed E-state index contributed by atoms with van der Waals surface area (Å²) >= 11 is 6.07. The van der Waals surface area contributed by atoms with E-state index < -0.39 is 0 Å². The maximum atomic E-state index is 6.07. The molecule has 0 aromatic rings. The van der Waals surface area contributed by atoms with E-state index in [4.69, 9.17) is 16.3 Å². The number of rotatable bonds is 7. The molecule has 1 unspecified atom stereocenters. The van der Waals surface area contributed by atoms with Crippen LogP contribution in [0.25, 0.3) is 0 Å². The average molecular weight is 193 g/mol. The van der Waals surface area contributed by atoms with Crippen molar-refractivity contribution >= 4 is 11.6 Å². The Morgan fingerprint density at radius 3 is 2.42 bits per heavy atom. The quantitative estimate of drug-likeness (QED) is 0.444. The predicted molar refractivity (Wildman–Crippen MR) is 54.8 cm³/mol. The standard InChI is InChI=1S/C10H21ClO/c1-4-7-12-8-5-6-10(11)9(2)3/h9-10H,4-8H2,1-3H3. The average Bonchev–Trinajstić information content (AvgIpc) is 2.03. The topological polar surface area (TPSA) is 9.23 Å². The molecular formula is C10H21ClO. The smallest absolute Gasteiger partial charge is 0.0466 e. The van der Waals surface area contributed by atoms with Crippen LogP contribution in [0.4, 0.5) is 0 Å². The molecular weight excluding hydrogens is 172 g/mol. The summed E-state index contributed by atoms with van der Waals surface area (Å²) in [5, 5.41) is 0.315. The summed E-state index contributed by atoms with van der Waals surface area (Å²) in [5.74, 6) is 0.581. The Hall–Kier alpha value is 0.250. The van der Waals surface area contributed by atoms with Crippen molar-refractivity contribution < 1.29 is 4.74 Å². The molecule has 0 N–H and O–H groups in total. The molecule has 12 heavy (non-hydrogen) atoms. The van der Waals surface area contributed by atoms with Crippen molar-refractivity contribution in [1.82, 2.24) is 0 Å². The van der Waals surface area contributed by atoms with Crippen LogP contribution >= 0.6 is 11.6 Å². The van der Waals surface area contributed by atoms with Crippen LogP contribution in [-0.2, 0) is 4.74 Å². The first-order valence-corrected chi connectivity index (χ1v) is 5.34. The highest BCUT2D eigenvalue weighted by atomic mass is 35.5. The van der Waals surface area contributed by atoms with Gasteiger partial charge in [0.05, 0.1) is 0 Å². The molecule has 2 heteroatoms. The van der Waals surface area contributed by atoms with E-state index in [0.29, 0.717) is 11.3 Å². The molecule has 0 heterocycles. The number of halogens is 1. The Kier molecular flexibility index (Phi) is 8.04. The normalized spacial score (nSPS) is 13.8. The zero-order chi connectivity index (χ0) is 9.40. The van der Waals surface area contributed by atoms with Crippen LogP contribution in [0.15, 0.2) is 0 Å². The number of alkyl halides is 1. The molecule has 0 aromatic carbocycles. The second kappa shape index (κ2) is 7.88.